The first-order valence-electron chi connectivity index (χ1n) is 7.22. The van der Waals surface area contributed by atoms with Crippen molar-refractivity contribution in [2.45, 2.75) is 19.0 Å². The normalized spacial score (nSPS) is 22.4. The summed E-state index contributed by atoms with van der Waals surface area (Å²) in [7, 11) is 4.38. The van der Waals surface area contributed by atoms with Crippen LogP contribution in [0.15, 0.2) is 24.3 Å². The third kappa shape index (κ3) is 3.80. The lowest BCUT2D eigenvalue weighted by Crippen LogP contribution is -2.53. The predicted octanol–water partition coefficient (Wildman–Crippen LogP) is 1.45. The molecular formula is C16H24N4. The fraction of sp³-hybridized carbons (Fsp3) is 0.562. The minimum absolute atomic E-state index is 0.309. The van der Waals surface area contributed by atoms with E-state index < -0.39 is 0 Å². The Morgan fingerprint density at radius 3 is 2.65 bits per heavy atom. The summed E-state index contributed by atoms with van der Waals surface area (Å²) in [6.07, 6.45) is 0. The molecule has 1 N–H and O–H groups in total. The summed E-state index contributed by atoms with van der Waals surface area (Å²) < 4.78 is 0. The molecule has 4 nitrogen and oxygen atoms in total. The lowest BCUT2D eigenvalue weighted by Gasteiger charge is -2.38. The summed E-state index contributed by atoms with van der Waals surface area (Å²) in [5.41, 5.74) is 1.95. The Labute approximate surface area is 122 Å². The average Bonchev–Trinajstić information content (AvgIpc) is 2.48. The average molecular weight is 272 g/mol. The van der Waals surface area contributed by atoms with Crippen molar-refractivity contribution in [3.8, 4) is 6.07 Å². The summed E-state index contributed by atoms with van der Waals surface area (Å²) in [4.78, 5) is 4.82. The van der Waals surface area contributed by atoms with Crippen molar-refractivity contribution < 1.29 is 0 Å². The van der Waals surface area contributed by atoms with Crippen LogP contribution in [0.25, 0.3) is 0 Å². The van der Waals surface area contributed by atoms with Gasteiger partial charge in [0.2, 0.25) is 0 Å². The highest BCUT2D eigenvalue weighted by atomic mass is 15.3. The van der Waals surface area contributed by atoms with Crippen molar-refractivity contribution >= 4 is 0 Å². The molecule has 1 aromatic rings. The first-order valence-corrected chi connectivity index (χ1v) is 7.22. The summed E-state index contributed by atoms with van der Waals surface area (Å²) in [5.74, 6) is 0. The van der Waals surface area contributed by atoms with Gasteiger partial charge >= 0.3 is 0 Å². The molecule has 1 fully saturated rings. The number of piperazine rings is 1. The zero-order chi connectivity index (χ0) is 14.5. The molecule has 20 heavy (non-hydrogen) atoms. The van der Waals surface area contributed by atoms with E-state index in [1.165, 1.54) is 5.56 Å². The van der Waals surface area contributed by atoms with Gasteiger partial charge < -0.3 is 10.2 Å². The summed E-state index contributed by atoms with van der Waals surface area (Å²) in [6.45, 7) is 6.56. The van der Waals surface area contributed by atoms with E-state index in [0.29, 0.717) is 12.1 Å². The van der Waals surface area contributed by atoms with E-state index in [1.807, 2.05) is 24.3 Å². The topological polar surface area (TPSA) is 42.3 Å². The van der Waals surface area contributed by atoms with E-state index in [1.54, 1.807) is 0 Å². The Hall–Kier alpha value is -1.41. The summed E-state index contributed by atoms with van der Waals surface area (Å²) in [6, 6.07) is 10.9. The zero-order valence-electron chi connectivity index (χ0n) is 12.6. The highest BCUT2D eigenvalue weighted by Gasteiger charge is 2.22. The van der Waals surface area contributed by atoms with E-state index >= 15 is 0 Å². The van der Waals surface area contributed by atoms with Crippen LogP contribution in [0.4, 0.5) is 0 Å². The van der Waals surface area contributed by atoms with Gasteiger partial charge in [0.1, 0.15) is 0 Å². The largest absolute Gasteiger partial charge is 0.309 e. The molecule has 4 heteroatoms. The van der Waals surface area contributed by atoms with Crippen LogP contribution in [0, 0.1) is 11.3 Å². The minimum Gasteiger partial charge on any atom is -0.309 e. The predicted molar refractivity (Wildman–Crippen MR) is 81.5 cm³/mol. The van der Waals surface area contributed by atoms with Gasteiger partial charge in [-0.3, -0.25) is 4.90 Å². The lowest BCUT2D eigenvalue weighted by molar-refractivity contribution is 0.112. The van der Waals surface area contributed by atoms with Crippen molar-refractivity contribution in [2.75, 3.05) is 40.3 Å². The molecule has 2 rings (SSSR count). The number of hydrogen-bond donors (Lipinski definition) is 1. The molecular weight excluding hydrogens is 248 g/mol. The molecule has 1 heterocycles. The first kappa shape index (κ1) is 15.0. The molecule has 0 aromatic heterocycles. The van der Waals surface area contributed by atoms with Crippen molar-refractivity contribution in [2.24, 2.45) is 0 Å². The van der Waals surface area contributed by atoms with E-state index in [4.69, 9.17) is 5.26 Å². The number of nitrogens with zero attached hydrogens (tertiary/aromatic N) is 3. The van der Waals surface area contributed by atoms with Crippen LogP contribution >= 0.6 is 0 Å². The highest BCUT2D eigenvalue weighted by Crippen LogP contribution is 2.14. The lowest BCUT2D eigenvalue weighted by atomic mass is 10.1. The van der Waals surface area contributed by atoms with Gasteiger partial charge in [-0.05, 0) is 38.7 Å². The van der Waals surface area contributed by atoms with Crippen molar-refractivity contribution in [1.82, 2.24) is 15.1 Å². The number of likely N-dealkylation sites (N-methyl/N-ethyl adjacent to an activating group) is 2. The van der Waals surface area contributed by atoms with Gasteiger partial charge in [0.25, 0.3) is 0 Å². The van der Waals surface area contributed by atoms with E-state index in [0.717, 1.165) is 31.7 Å². The second-order valence-corrected chi connectivity index (χ2v) is 5.76. The molecule has 0 bridgehead atoms. The Bertz CT molecular complexity index is 462. The van der Waals surface area contributed by atoms with Crippen molar-refractivity contribution in [3.63, 3.8) is 0 Å². The number of nitriles is 1. The van der Waals surface area contributed by atoms with Crippen molar-refractivity contribution in [1.29, 1.82) is 5.26 Å². The SMILES string of the molecule is CC(NCC1CN(C)CCN1C)c1ccc(C#N)cc1. The van der Waals surface area contributed by atoms with Crippen LogP contribution in [0.2, 0.25) is 0 Å². The Morgan fingerprint density at radius 1 is 1.30 bits per heavy atom. The monoisotopic (exact) mass is 272 g/mol. The van der Waals surface area contributed by atoms with Crippen LogP contribution < -0.4 is 5.32 Å². The molecule has 0 spiro atoms. The van der Waals surface area contributed by atoms with Crippen LogP contribution in [-0.4, -0.2) is 56.1 Å². The van der Waals surface area contributed by atoms with Gasteiger partial charge in [-0.15, -0.1) is 0 Å². The fourth-order valence-corrected chi connectivity index (χ4v) is 2.60. The Morgan fingerprint density at radius 2 is 2.00 bits per heavy atom. The van der Waals surface area contributed by atoms with Gasteiger partial charge in [-0.25, -0.2) is 0 Å². The van der Waals surface area contributed by atoms with Crippen molar-refractivity contribution in [3.05, 3.63) is 35.4 Å². The molecule has 0 amide bonds. The molecule has 1 aromatic carbocycles. The molecule has 0 saturated carbocycles. The van der Waals surface area contributed by atoms with Crippen LogP contribution in [-0.2, 0) is 0 Å². The molecule has 108 valence electrons. The first-order chi connectivity index (χ1) is 9.60. The van der Waals surface area contributed by atoms with Crippen LogP contribution in [0.3, 0.4) is 0 Å². The molecule has 0 aliphatic carbocycles. The number of nitrogens with one attached hydrogen (secondary N) is 1. The van der Waals surface area contributed by atoms with Gasteiger partial charge in [-0.2, -0.15) is 5.26 Å². The molecule has 2 atom stereocenters. The third-order valence-corrected chi connectivity index (χ3v) is 4.18. The van der Waals surface area contributed by atoms with E-state index in [9.17, 15) is 0 Å². The second kappa shape index (κ2) is 6.85. The summed E-state index contributed by atoms with van der Waals surface area (Å²) in [5, 5.41) is 12.4. The molecule has 1 saturated heterocycles. The van der Waals surface area contributed by atoms with Crippen LogP contribution in [0.5, 0.6) is 0 Å². The van der Waals surface area contributed by atoms with Gasteiger partial charge in [0, 0.05) is 38.3 Å². The zero-order valence-corrected chi connectivity index (χ0v) is 12.6. The van der Waals surface area contributed by atoms with E-state index in [-0.39, 0.29) is 0 Å². The maximum atomic E-state index is 8.82. The maximum absolute atomic E-state index is 8.82. The second-order valence-electron chi connectivity index (χ2n) is 5.76. The van der Waals surface area contributed by atoms with E-state index in [2.05, 4.69) is 42.2 Å². The van der Waals surface area contributed by atoms with Gasteiger partial charge in [0.15, 0.2) is 0 Å². The smallest absolute Gasteiger partial charge is 0.0991 e. The number of rotatable bonds is 4. The standard InChI is InChI=1S/C16H24N4/c1-13(15-6-4-14(10-17)5-7-15)18-11-16-12-19(2)8-9-20(16)3/h4-7,13,16,18H,8-9,11-12H2,1-3H3. The van der Waals surface area contributed by atoms with Gasteiger partial charge in [-0.1, -0.05) is 12.1 Å². The quantitative estimate of drug-likeness (QED) is 0.901. The number of benzene rings is 1. The molecule has 2 unspecified atom stereocenters. The number of hydrogen-bond acceptors (Lipinski definition) is 4. The molecule has 1 aliphatic rings. The molecule has 0 radical (unpaired) electrons. The fourth-order valence-electron chi connectivity index (χ4n) is 2.60. The van der Waals surface area contributed by atoms with Crippen LogP contribution in [0.1, 0.15) is 24.1 Å². The summed E-state index contributed by atoms with van der Waals surface area (Å²) >= 11 is 0. The minimum atomic E-state index is 0.309. The maximum Gasteiger partial charge on any atom is 0.0991 e. The Balaban J connectivity index is 1.87. The Kier molecular flexibility index (Phi) is 5.13. The molecule has 1 aliphatic heterocycles. The third-order valence-electron chi connectivity index (χ3n) is 4.18. The highest BCUT2D eigenvalue weighted by molar-refractivity contribution is 5.32. The van der Waals surface area contributed by atoms with Gasteiger partial charge in [0.05, 0.1) is 11.6 Å².